The van der Waals surface area contributed by atoms with Gasteiger partial charge in [-0.05, 0) is 26.3 Å². The van der Waals surface area contributed by atoms with Gasteiger partial charge in [-0.15, -0.1) is 0 Å². The fourth-order valence-electron chi connectivity index (χ4n) is 2.37. The zero-order valence-corrected chi connectivity index (χ0v) is 10.9. The van der Waals surface area contributed by atoms with Gasteiger partial charge in [0, 0.05) is 19.3 Å². The molecule has 1 N–H and O–H groups in total. The van der Waals surface area contributed by atoms with Crippen LogP contribution in [0.1, 0.15) is 28.2 Å². The van der Waals surface area contributed by atoms with Crippen LogP contribution in [0.15, 0.2) is 6.07 Å². The standard InChI is InChI=1S/C13H18N2O3/c1-8-6-11(12(13(16)17)9(2)14-8)15(3)10-4-5-18-7-10/h6,10H,4-5,7H2,1-3H3,(H,16,17). The molecule has 1 fully saturated rings. The number of carboxylic acid groups (broad SMARTS) is 1. The highest BCUT2D eigenvalue weighted by Crippen LogP contribution is 2.26. The lowest BCUT2D eigenvalue weighted by molar-refractivity contribution is 0.0696. The predicted molar refractivity (Wildman–Crippen MR) is 68.3 cm³/mol. The van der Waals surface area contributed by atoms with Crippen LogP contribution in [0.3, 0.4) is 0 Å². The summed E-state index contributed by atoms with van der Waals surface area (Å²) in [4.78, 5) is 17.6. The number of aryl methyl sites for hydroxylation is 2. The van der Waals surface area contributed by atoms with E-state index in [9.17, 15) is 9.90 Å². The van der Waals surface area contributed by atoms with Gasteiger partial charge in [0.05, 0.1) is 24.0 Å². The summed E-state index contributed by atoms with van der Waals surface area (Å²) in [5.41, 5.74) is 2.40. The summed E-state index contributed by atoms with van der Waals surface area (Å²) in [6.45, 7) is 5.00. The van der Waals surface area contributed by atoms with E-state index >= 15 is 0 Å². The molecule has 0 aromatic carbocycles. The Kier molecular flexibility index (Phi) is 3.52. The Balaban J connectivity index is 2.44. The molecule has 2 rings (SSSR count). The molecule has 0 aliphatic carbocycles. The van der Waals surface area contributed by atoms with E-state index in [-0.39, 0.29) is 11.6 Å². The number of aromatic carboxylic acids is 1. The number of ether oxygens (including phenoxy) is 1. The molecule has 5 nitrogen and oxygen atoms in total. The van der Waals surface area contributed by atoms with Gasteiger partial charge in [0.15, 0.2) is 0 Å². The van der Waals surface area contributed by atoms with E-state index in [1.165, 1.54) is 0 Å². The van der Waals surface area contributed by atoms with Crippen molar-refractivity contribution in [2.45, 2.75) is 26.3 Å². The molecule has 98 valence electrons. The van der Waals surface area contributed by atoms with Crippen molar-refractivity contribution < 1.29 is 14.6 Å². The largest absolute Gasteiger partial charge is 0.478 e. The number of carbonyl (C=O) groups is 1. The number of nitrogens with zero attached hydrogens (tertiary/aromatic N) is 2. The van der Waals surface area contributed by atoms with Gasteiger partial charge in [0.25, 0.3) is 0 Å². The fourth-order valence-corrected chi connectivity index (χ4v) is 2.37. The van der Waals surface area contributed by atoms with Crippen LogP contribution >= 0.6 is 0 Å². The van der Waals surface area contributed by atoms with Crippen molar-refractivity contribution in [3.8, 4) is 0 Å². The van der Waals surface area contributed by atoms with Gasteiger partial charge in [0.2, 0.25) is 0 Å². The summed E-state index contributed by atoms with van der Waals surface area (Å²) >= 11 is 0. The summed E-state index contributed by atoms with van der Waals surface area (Å²) in [7, 11) is 1.92. The second-order valence-corrected chi connectivity index (χ2v) is 4.68. The highest BCUT2D eigenvalue weighted by atomic mass is 16.5. The molecule has 1 saturated heterocycles. The van der Waals surface area contributed by atoms with Crippen molar-refractivity contribution in [3.63, 3.8) is 0 Å². The van der Waals surface area contributed by atoms with Crippen molar-refractivity contribution in [3.05, 3.63) is 23.0 Å². The van der Waals surface area contributed by atoms with E-state index in [0.29, 0.717) is 12.3 Å². The number of carboxylic acids is 1. The SMILES string of the molecule is Cc1cc(N(C)C2CCOC2)c(C(=O)O)c(C)n1. The number of likely N-dealkylation sites (N-methyl/N-ethyl adjacent to an activating group) is 1. The lowest BCUT2D eigenvalue weighted by Gasteiger charge is -2.27. The van der Waals surface area contributed by atoms with E-state index in [0.717, 1.165) is 24.4 Å². The molecular weight excluding hydrogens is 232 g/mol. The molecule has 2 heterocycles. The summed E-state index contributed by atoms with van der Waals surface area (Å²) in [5.74, 6) is -0.930. The number of anilines is 1. The van der Waals surface area contributed by atoms with Crippen LogP contribution in [0.25, 0.3) is 0 Å². The number of hydrogen-bond donors (Lipinski definition) is 1. The topological polar surface area (TPSA) is 62.7 Å². The Hall–Kier alpha value is -1.62. The molecule has 5 heteroatoms. The Morgan fingerprint density at radius 2 is 2.28 bits per heavy atom. The van der Waals surface area contributed by atoms with E-state index < -0.39 is 5.97 Å². The van der Waals surface area contributed by atoms with Gasteiger partial charge < -0.3 is 14.7 Å². The van der Waals surface area contributed by atoms with Gasteiger partial charge in [-0.1, -0.05) is 0 Å². The first-order chi connectivity index (χ1) is 8.50. The molecule has 1 aliphatic heterocycles. The van der Waals surface area contributed by atoms with Crippen LogP contribution < -0.4 is 4.90 Å². The first-order valence-corrected chi connectivity index (χ1v) is 6.03. The van der Waals surface area contributed by atoms with Gasteiger partial charge >= 0.3 is 5.97 Å². The zero-order chi connectivity index (χ0) is 13.3. The first kappa shape index (κ1) is 12.8. The van der Waals surface area contributed by atoms with E-state index in [1.54, 1.807) is 6.92 Å². The summed E-state index contributed by atoms with van der Waals surface area (Å²) in [6.07, 6.45) is 0.927. The van der Waals surface area contributed by atoms with E-state index in [4.69, 9.17) is 4.74 Å². The minimum atomic E-state index is -0.930. The van der Waals surface area contributed by atoms with Crippen molar-refractivity contribution in [1.82, 2.24) is 4.98 Å². The Bertz CT molecular complexity index is 468. The molecule has 1 unspecified atom stereocenters. The normalized spacial score (nSPS) is 18.9. The second-order valence-electron chi connectivity index (χ2n) is 4.68. The molecule has 0 amide bonds. The van der Waals surface area contributed by atoms with E-state index in [2.05, 4.69) is 4.98 Å². The minimum absolute atomic E-state index is 0.240. The first-order valence-electron chi connectivity index (χ1n) is 6.03. The van der Waals surface area contributed by atoms with Crippen LogP contribution in [0.2, 0.25) is 0 Å². The highest BCUT2D eigenvalue weighted by Gasteiger charge is 2.25. The maximum Gasteiger partial charge on any atom is 0.339 e. The van der Waals surface area contributed by atoms with Crippen LogP contribution in [-0.2, 0) is 4.74 Å². The molecule has 1 aromatic heterocycles. The van der Waals surface area contributed by atoms with E-state index in [1.807, 2.05) is 24.9 Å². The number of rotatable bonds is 3. The molecule has 18 heavy (non-hydrogen) atoms. The second kappa shape index (κ2) is 4.94. The minimum Gasteiger partial charge on any atom is -0.478 e. The third kappa shape index (κ3) is 2.31. The highest BCUT2D eigenvalue weighted by molar-refractivity contribution is 5.95. The van der Waals surface area contributed by atoms with Crippen LogP contribution in [0.4, 0.5) is 5.69 Å². The number of hydrogen-bond acceptors (Lipinski definition) is 4. The molecule has 0 saturated carbocycles. The van der Waals surface area contributed by atoms with Crippen molar-refractivity contribution in [1.29, 1.82) is 0 Å². The predicted octanol–water partition coefficient (Wildman–Crippen LogP) is 1.62. The third-order valence-corrected chi connectivity index (χ3v) is 3.35. The fraction of sp³-hybridized carbons (Fsp3) is 0.538. The Labute approximate surface area is 106 Å². The lowest BCUT2D eigenvalue weighted by Crippen LogP contribution is -2.33. The molecule has 0 spiro atoms. The Morgan fingerprint density at radius 1 is 1.56 bits per heavy atom. The number of pyridine rings is 1. The molecule has 1 aromatic rings. The number of aromatic nitrogens is 1. The quantitative estimate of drug-likeness (QED) is 0.883. The van der Waals surface area contributed by atoms with Crippen molar-refractivity contribution in [2.75, 3.05) is 25.2 Å². The molecule has 1 atom stereocenters. The zero-order valence-electron chi connectivity index (χ0n) is 10.9. The van der Waals surface area contributed by atoms with Gasteiger partial charge in [-0.3, -0.25) is 4.98 Å². The average molecular weight is 250 g/mol. The molecule has 1 aliphatic rings. The van der Waals surface area contributed by atoms with Crippen molar-refractivity contribution in [2.24, 2.45) is 0 Å². The lowest BCUT2D eigenvalue weighted by atomic mass is 10.1. The molecular formula is C13H18N2O3. The maximum absolute atomic E-state index is 11.4. The van der Waals surface area contributed by atoms with Crippen LogP contribution in [-0.4, -0.2) is 42.4 Å². The smallest absolute Gasteiger partial charge is 0.339 e. The monoisotopic (exact) mass is 250 g/mol. The molecule has 0 bridgehead atoms. The van der Waals surface area contributed by atoms with Gasteiger partial charge in [0.1, 0.15) is 5.56 Å². The summed E-state index contributed by atoms with van der Waals surface area (Å²) in [6, 6.07) is 2.07. The Morgan fingerprint density at radius 3 is 2.83 bits per heavy atom. The summed E-state index contributed by atoms with van der Waals surface area (Å²) < 4.78 is 5.36. The van der Waals surface area contributed by atoms with Gasteiger partial charge in [-0.25, -0.2) is 4.79 Å². The van der Waals surface area contributed by atoms with Crippen molar-refractivity contribution >= 4 is 11.7 Å². The average Bonchev–Trinajstić information content (AvgIpc) is 2.79. The van der Waals surface area contributed by atoms with Crippen LogP contribution in [0.5, 0.6) is 0 Å². The van der Waals surface area contributed by atoms with Crippen LogP contribution in [0, 0.1) is 13.8 Å². The van der Waals surface area contributed by atoms with Gasteiger partial charge in [-0.2, -0.15) is 0 Å². The summed E-state index contributed by atoms with van der Waals surface area (Å²) in [5, 5.41) is 9.33. The maximum atomic E-state index is 11.4. The third-order valence-electron chi connectivity index (χ3n) is 3.35. The molecule has 0 radical (unpaired) electrons.